The van der Waals surface area contributed by atoms with Gasteiger partial charge in [-0.3, -0.25) is 0 Å². The first-order chi connectivity index (χ1) is 8.38. The second-order valence-electron chi connectivity index (χ2n) is 5.72. The number of aliphatic hydroxyl groups excluding tert-OH is 1. The number of aliphatic hydroxyl groups is 1. The van der Waals surface area contributed by atoms with Crippen LogP contribution in [0.15, 0.2) is 0 Å². The lowest BCUT2D eigenvalue weighted by Gasteiger charge is -2.37. The Kier molecular flexibility index (Phi) is 5.75. The topological polar surface area (TPSA) is 26.7 Å². The lowest BCUT2D eigenvalue weighted by atomic mass is 9.89. The van der Waals surface area contributed by atoms with Gasteiger partial charge in [-0.05, 0) is 25.2 Å². The van der Waals surface area contributed by atoms with Crippen LogP contribution in [0.5, 0.6) is 0 Å². The lowest BCUT2D eigenvalue weighted by molar-refractivity contribution is 0.104. The molecule has 17 heavy (non-hydrogen) atoms. The highest BCUT2D eigenvalue weighted by molar-refractivity contribution is 4.76. The van der Waals surface area contributed by atoms with Crippen molar-refractivity contribution in [1.82, 2.24) is 9.80 Å². The minimum absolute atomic E-state index is 0.336. The molecule has 1 N–H and O–H groups in total. The molecule has 0 aromatic heterocycles. The molecule has 0 bridgehead atoms. The largest absolute Gasteiger partial charge is 0.396 e. The van der Waals surface area contributed by atoms with E-state index in [1.165, 1.54) is 64.8 Å². The van der Waals surface area contributed by atoms with E-state index in [-0.39, 0.29) is 0 Å². The average Bonchev–Trinajstić information content (AvgIpc) is 2.39. The molecule has 3 nitrogen and oxygen atoms in total. The van der Waals surface area contributed by atoms with Gasteiger partial charge in [0, 0.05) is 45.9 Å². The molecule has 0 amide bonds. The highest BCUT2D eigenvalue weighted by Crippen LogP contribution is 2.24. The Hall–Kier alpha value is -0.120. The van der Waals surface area contributed by atoms with Crippen LogP contribution in [0.25, 0.3) is 0 Å². The summed E-state index contributed by atoms with van der Waals surface area (Å²) in [5, 5.41) is 8.83. The van der Waals surface area contributed by atoms with Crippen LogP contribution in [0.3, 0.4) is 0 Å². The van der Waals surface area contributed by atoms with Crippen molar-refractivity contribution in [3.8, 4) is 0 Å². The maximum absolute atomic E-state index is 8.83. The van der Waals surface area contributed by atoms with Crippen molar-refractivity contribution in [2.75, 3.05) is 45.9 Å². The summed E-state index contributed by atoms with van der Waals surface area (Å²) >= 11 is 0. The van der Waals surface area contributed by atoms with Crippen molar-refractivity contribution in [2.24, 2.45) is 5.92 Å². The van der Waals surface area contributed by atoms with Crippen LogP contribution in [0.2, 0.25) is 0 Å². The Balaban J connectivity index is 1.61. The Morgan fingerprint density at radius 2 is 1.53 bits per heavy atom. The van der Waals surface area contributed by atoms with E-state index in [9.17, 15) is 0 Å². The molecule has 1 aliphatic carbocycles. The van der Waals surface area contributed by atoms with E-state index in [1.807, 2.05) is 0 Å². The maximum atomic E-state index is 8.83. The molecular weight excluding hydrogens is 212 g/mol. The quantitative estimate of drug-likeness (QED) is 0.790. The van der Waals surface area contributed by atoms with Crippen molar-refractivity contribution in [3.63, 3.8) is 0 Å². The van der Waals surface area contributed by atoms with Crippen LogP contribution in [0.4, 0.5) is 0 Å². The van der Waals surface area contributed by atoms with Crippen molar-refractivity contribution in [1.29, 1.82) is 0 Å². The van der Waals surface area contributed by atoms with E-state index in [1.54, 1.807) is 0 Å². The number of piperazine rings is 1. The van der Waals surface area contributed by atoms with E-state index in [0.717, 1.165) is 18.9 Å². The van der Waals surface area contributed by atoms with Gasteiger partial charge in [-0.1, -0.05) is 19.3 Å². The van der Waals surface area contributed by atoms with Gasteiger partial charge in [0.05, 0.1) is 0 Å². The minimum Gasteiger partial charge on any atom is -0.396 e. The molecule has 0 radical (unpaired) electrons. The first-order valence-corrected chi connectivity index (χ1v) is 7.44. The molecule has 100 valence electrons. The predicted molar refractivity (Wildman–Crippen MR) is 71.2 cm³/mol. The van der Waals surface area contributed by atoms with E-state index in [4.69, 9.17) is 5.11 Å². The molecule has 0 aromatic rings. The summed E-state index contributed by atoms with van der Waals surface area (Å²) in [4.78, 5) is 5.15. The summed E-state index contributed by atoms with van der Waals surface area (Å²) in [6, 6.07) is 0. The zero-order chi connectivity index (χ0) is 11.9. The first kappa shape index (κ1) is 13.3. The second kappa shape index (κ2) is 7.34. The van der Waals surface area contributed by atoms with Gasteiger partial charge in [-0.25, -0.2) is 0 Å². The summed E-state index contributed by atoms with van der Waals surface area (Å²) in [6.45, 7) is 7.63. The van der Waals surface area contributed by atoms with E-state index >= 15 is 0 Å². The second-order valence-corrected chi connectivity index (χ2v) is 5.72. The Bertz CT molecular complexity index is 196. The van der Waals surface area contributed by atoms with Gasteiger partial charge in [-0.15, -0.1) is 0 Å². The highest BCUT2D eigenvalue weighted by Gasteiger charge is 2.20. The van der Waals surface area contributed by atoms with Gasteiger partial charge in [0.25, 0.3) is 0 Å². The fourth-order valence-electron chi connectivity index (χ4n) is 3.22. The molecule has 1 heterocycles. The summed E-state index contributed by atoms with van der Waals surface area (Å²) in [5.41, 5.74) is 0. The molecule has 3 heteroatoms. The number of hydrogen-bond acceptors (Lipinski definition) is 3. The predicted octanol–water partition coefficient (Wildman–Crippen LogP) is 1.57. The molecule has 2 aliphatic rings. The average molecular weight is 240 g/mol. The SMILES string of the molecule is OCCCN1CCN(CC2CCCCC2)CC1. The van der Waals surface area contributed by atoms with Crippen molar-refractivity contribution < 1.29 is 5.11 Å². The molecule has 0 unspecified atom stereocenters. The molecule has 1 saturated carbocycles. The maximum Gasteiger partial charge on any atom is 0.0443 e. The monoisotopic (exact) mass is 240 g/mol. The molecule has 2 rings (SSSR count). The third-order valence-corrected chi connectivity index (χ3v) is 4.34. The number of nitrogens with zero attached hydrogens (tertiary/aromatic N) is 2. The third kappa shape index (κ3) is 4.57. The number of rotatable bonds is 5. The third-order valence-electron chi connectivity index (χ3n) is 4.34. The van der Waals surface area contributed by atoms with E-state index in [0.29, 0.717) is 6.61 Å². The molecular formula is C14H28N2O. The van der Waals surface area contributed by atoms with E-state index < -0.39 is 0 Å². The zero-order valence-corrected chi connectivity index (χ0v) is 11.1. The summed E-state index contributed by atoms with van der Waals surface area (Å²) in [5.74, 6) is 0.979. The fourth-order valence-corrected chi connectivity index (χ4v) is 3.22. The van der Waals surface area contributed by atoms with Crippen molar-refractivity contribution >= 4 is 0 Å². The highest BCUT2D eigenvalue weighted by atomic mass is 16.3. The van der Waals surface area contributed by atoms with Gasteiger partial charge < -0.3 is 14.9 Å². The van der Waals surface area contributed by atoms with Crippen LogP contribution >= 0.6 is 0 Å². The van der Waals surface area contributed by atoms with Crippen molar-refractivity contribution in [2.45, 2.75) is 38.5 Å². The Labute approximate surface area is 106 Å². The molecule has 1 saturated heterocycles. The normalized spacial score (nSPS) is 25.2. The van der Waals surface area contributed by atoms with Crippen LogP contribution in [-0.4, -0.2) is 60.8 Å². The molecule has 1 aliphatic heterocycles. The van der Waals surface area contributed by atoms with Crippen molar-refractivity contribution in [3.05, 3.63) is 0 Å². The summed E-state index contributed by atoms with van der Waals surface area (Å²) in [6.07, 6.45) is 8.24. The smallest absolute Gasteiger partial charge is 0.0443 e. The van der Waals surface area contributed by atoms with E-state index in [2.05, 4.69) is 9.80 Å². The molecule has 0 spiro atoms. The fraction of sp³-hybridized carbons (Fsp3) is 1.00. The number of hydrogen-bond donors (Lipinski definition) is 1. The first-order valence-electron chi connectivity index (χ1n) is 7.44. The Morgan fingerprint density at radius 1 is 0.882 bits per heavy atom. The van der Waals surface area contributed by atoms with Crippen LogP contribution in [0.1, 0.15) is 38.5 Å². The summed E-state index contributed by atoms with van der Waals surface area (Å²) < 4.78 is 0. The van der Waals surface area contributed by atoms with Crippen LogP contribution < -0.4 is 0 Å². The lowest BCUT2D eigenvalue weighted by Crippen LogP contribution is -2.48. The van der Waals surface area contributed by atoms with Crippen LogP contribution in [0, 0.1) is 5.92 Å². The van der Waals surface area contributed by atoms with Gasteiger partial charge in [0.15, 0.2) is 0 Å². The molecule has 0 aromatic carbocycles. The minimum atomic E-state index is 0.336. The van der Waals surface area contributed by atoms with Gasteiger partial charge >= 0.3 is 0 Å². The Morgan fingerprint density at radius 3 is 2.18 bits per heavy atom. The summed E-state index contributed by atoms with van der Waals surface area (Å²) in [7, 11) is 0. The molecule has 2 fully saturated rings. The zero-order valence-electron chi connectivity index (χ0n) is 11.1. The van der Waals surface area contributed by atoms with Gasteiger partial charge in [-0.2, -0.15) is 0 Å². The molecule has 0 atom stereocenters. The van der Waals surface area contributed by atoms with Gasteiger partial charge in [0.1, 0.15) is 0 Å². The van der Waals surface area contributed by atoms with Crippen LogP contribution in [-0.2, 0) is 0 Å². The standard InChI is InChI=1S/C14H28N2O/c17-12-4-7-15-8-10-16(11-9-15)13-14-5-2-1-3-6-14/h14,17H,1-13H2. The van der Waals surface area contributed by atoms with Gasteiger partial charge in [0.2, 0.25) is 0 Å².